The molecule has 0 atom stereocenters. The van der Waals surface area contributed by atoms with E-state index in [4.69, 9.17) is 20.8 Å². The van der Waals surface area contributed by atoms with Crippen LogP contribution in [0.3, 0.4) is 0 Å². The van der Waals surface area contributed by atoms with Crippen molar-refractivity contribution in [3.8, 4) is 0 Å². The van der Waals surface area contributed by atoms with Crippen LogP contribution < -0.4 is 15.6 Å². The van der Waals surface area contributed by atoms with Crippen LogP contribution in [-0.2, 0) is 26.1 Å². The Morgan fingerprint density at radius 2 is 1.76 bits per heavy atom. The first-order valence-electron chi connectivity index (χ1n) is 9.39. The van der Waals surface area contributed by atoms with Crippen molar-refractivity contribution in [2.45, 2.75) is 11.4 Å². The molecule has 0 aliphatic heterocycles. The Balaban J connectivity index is 1.52. The van der Waals surface area contributed by atoms with Gasteiger partial charge in [0, 0.05) is 0 Å². The van der Waals surface area contributed by atoms with Crippen LogP contribution >= 0.6 is 11.6 Å². The van der Waals surface area contributed by atoms with Gasteiger partial charge in [0.05, 0.1) is 33.9 Å². The van der Waals surface area contributed by atoms with Gasteiger partial charge >= 0.3 is 5.97 Å². The van der Waals surface area contributed by atoms with E-state index in [-0.39, 0.29) is 27.6 Å². The molecule has 1 aromatic heterocycles. The molecule has 0 saturated heterocycles. The Kier molecular flexibility index (Phi) is 7.83. The molecule has 0 saturated carbocycles. The van der Waals surface area contributed by atoms with Crippen molar-refractivity contribution in [3.63, 3.8) is 0 Å². The van der Waals surface area contributed by atoms with Crippen LogP contribution in [0.25, 0.3) is 0 Å². The summed E-state index contributed by atoms with van der Waals surface area (Å²) in [4.78, 5) is 35.9. The molecule has 3 N–H and O–H groups in total. The number of esters is 1. The summed E-state index contributed by atoms with van der Waals surface area (Å²) in [6.07, 6.45) is 1.42. The summed E-state index contributed by atoms with van der Waals surface area (Å²) in [6, 6.07) is 14.6. The average Bonchev–Trinajstić information content (AvgIpc) is 3.34. The van der Waals surface area contributed by atoms with E-state index < -0.39 is 34.4 Å². The van der Waals surface area contributed by atoms with Crippen molar-refractivity contribution < 1.29 is 32.0 Å². The van der Waals surface area contributed by atoms with Crippen molar-refractivity contribution in [3.05, 3.63) is 88.8 Å². The second kappa shape index (κ2) is 10.8. The van der Waals surface area contributed by atoms with Crippen LogP contribution in [0.15, 0.2) is 76.2 Å². The number of ether oxygens (including phenoxy) is 1. The topological polar surface area (TPSA) is 144 Å². The SMILES string of the molecule is O=C(COC(=O)c1cccc(S(=O)(=O)NCc2ccco2)c1)NNC(=O)c1ccccc1Cl. The normalized spacial score (nSPS) is 10.9. The molecule has 0 aliphatic carbocycles. The average molecular weight is 492 g/mol. The van der Waals surface area contributed by atoms with Gasteiger partial charge in [-0.2, -0.15) is 0 Å². The monoisotopic (exact) mass is 491 g/mol. The molecule has 12 heteroatoms. The molecule has 10 nitrogen and oxygen atoms in total. The molecule has 0 fully saturated rings. The number of hydrazine groups is 1. The second-order valence-corrected chi connectivity index (χ2v) is 8.66. The van der Waals surface area contributed by atoms with E-state index in [2.05, 4.69) is 15.6 Å². The van der Waals surface area contributed by atoms with Crippen molar-refractivity contribution in [2.24, 2.45) is 0 Å². The third kappa shape index (κ3) is 6.65. The molecule has 3 aromatic rings. The minimum atomic E-state index is -3.93. The molecule has 2 aromatic carbocycles. The minimum Gasteiger partial charge on any atom is -0.468 e. The van der Waals surface area contributed by atoms with Gasteiger partial charge in [-0.25, -0.2) is 17.9 Å². The second-order valence-electron chi connectivity index (χ2n) is 6.49. The highest BCUT2D eigenvalue weighted by molar-refractivity contribution is 7.89. The molecule has 0 aliphatic rings. The van der Waals surface area contributed by atoms with E-state index in [1.807, 2.05) is 0 Å². The fourth-order valence-electron chi connectivity index (χ4n) is 2.54. The summed E-state index contributed by atoms with van der Waals surface area (Å²) >= 11 is 5.90. The van der Waals surface area contributed by atoms with Gasteiger partial charge in [-0.15, -0.1) is 0 Å². The van der Waals surface area contributed by atoms with Gasteiger partial charge in [-0.1, -0.05) is 29.8 Å². The molecule has 0 unspecified atom stereocenters. The molecular weight excluding hydrogens is 474 g/mol. The van der Waals surface area contributed by atoms with Crippen molar-refractivity contribution >= 4 is 39.4 Å². The fourth-order valence-corrected chi connectivity index (χ4v) is 3.80. The molecule has 1 heterocycles. The van der Waals surface area contributed by atoms with Gasteiger partial charge in [0.2, 0.25) is 10.0 Å². The first-order valence-corrected chi connectivity index (χ1v) is 11.3. The highest BCUT2D eigenvalue weighted by Crippen LogP contribution is 2.15. The third-order valence-corrected chi connectivity index (χ3v) is 5.89. The van der Waals surface area contributed by atoms with Crippen molar-refractivity contribution in [1.82, 2.24) is 15.6 Å². The molecule has 33 heavy (non-hydrogen) atoms. The first kappa shape index (κ1) is 24.0. The number of hydrogen-bond donors (Lipinski definition) is 3. The number of furan rings is 1. The van der Waals surface area contributed by atoms with Gasteiger partial charge < -0.3 is 9.15 Å². The van der Waals surface area contributed by atoms with E-state index in [1.165, 1.54) is 36.6 Å². The predicted molar refractivity (Wildman–Crippen MR) is 117 cm³/mol. The molecule has 172 valence electrons. The number of amides is 2. The molecule has 0 bridgehead atoms. The number of carbonyl (C=O) groups excluding carboxylic acids is 3. The fraction of sp³-hybridized carbons (Fsp3) is 0.0952. The zero-order valence-corrected chi connectivity index (χ0v) is 18.5. The summed E-state index contributed by atoms with van der Waals surface area (Å²) in [6.45, 7) is -0.778. The molecule has 0 spiro atoms. The third-order valence-electron chi connectivity index (χ3n) is 4.16. The molecular formula is C21H18ClN3O7S. The molecule has 2 amide bonds. The van der Waals surface area contributed by atoms with E-state index in [0.717, 1.165) is 6.07 Å². The van der Waals surface area contributed by atoms with Crippen molar-refractivity contribution in [2.75, 3.05) is 6.61 Å². The number of rotatable bonds is 8. The Morgan fingerprint density at radius 3 is 2.48 bits per heavy atom. The Morgan fingerprint density at radius 1 is 0.970 bits per heavy atom. The quantitative estimate of drug-likeness (QED) is 0.323. The van der Waals surface area contributed by atoms with Crippen molar-refractivity contribution in [1.29, 1.82) is 0 Å². The molecule has 0 radical (unpaired) electrons. The van der Waals surface area contributed by atoms with Crippen LogP contribution in [0.1, 0.15) is 26.5 Å². The van der Waals surface area contributed by atoms with Crippen LogP contribution in [0, 0.1) is 0 Å². The minimum absolute atomic E-state index is 0.0654. The van der Waals surface area contributed by atoms with Crippen LogP contribution in [0.2, 0.25) is 5.02 Å². The highest BCUT2D eigenvalue weighted by atomic mass is 35.5. The predicted octanol–water partition coefficient (Wildman–Crippen LogP) is 2.03. The maximum absolute atomic E-state index is 12.4. The van der Waals surface area contributed by atoms with Gasteiger partial charge in [0.1, 0.15) is 5.76 Å². The van der Waals surface area contributed by atoms with E-state index in [0.29, 0.717) is 5.76 Å². The summed E-state index contributed by atoms with van der Waals surface area (Å²) in [5.74, 6) is -1.97. The number of hydrogen-bond acceptors (Lipinski definition) is 7. The Hall–Kier alpha value is -3.67. The smallest absolute Gasteiger partial charge is 0.338 e. The highest BCUT2D eigenvalue weighted by Gasteiger charge is 2.18. The maximum atomic E-state index is 12.4. The lowest BCUT2D eigenvalue weighted by atomic mass is 10.2. The summed E-state index contributed by atoms with van der Waals surface area (Å²) in [7, 11) is -3.93. The number of sulfonamides is 1. The zero-order valence-electron chi connectivity index (χ0n) is 16.9. The standard InChI is InChI=1S/C21H18ClN3O7S/c22-18-9-2-1-8-17(18)20(27)25-24-19(26)13-32-21(28)14-5-3-7-16(11-14)33(29,30)23-12-15-6-4-10-31-15/h1-11,23H,12-13H2,(H,24,26)(H,25,27). The largest absolute Gasteiger partial charge is 0.468 e. The number of halogens is 1. The maximum Gasteiger partial charge on any atom is 0.338 e. The lowest BCUT2D eigenvalue weighted by Gasteiger charge is -2.10. The lowest BCUT2D eigenvalue weighted by Crippen LogP contribution is -2.43. The number of benzene rings is 2. The Labute approximate surface area is 193 Å². The van der Waals surface area contributed by atoms with Crippen LogP contribution in [0.5, 0.6) is 0 Å². The summed E-state index contributed by atoms with van der Waals surface area (Å²) in [5.41, 5.74) is 4.31. The number of carbonyl (C=O) groups is 3. The van der Waals surface area contributed by atoms with E-state index in [1.54, 1.807) is 24.3 Å². The summed E-state index contributed by atoms with van der Waals surface area (Å²) in [5, 5.41) is 0.198. The number of nitrogens with one attached hydrogen (secondary N) is 3. The van der Waals surface area contributed by atoms with Gasteiger partial charge in [0.25, 0.3) is 11.8 Å². The summed E-state index contributed by atoms with van der Waals surface area (Å²) < 4.78 is 37.2. The van der Waals surface area contributed by atoms with Crippen LogP contribution in [0.4, 0.5) is 0 Å². The lowest BCUT2D eigenvalue weighted by molar-refractivity contribution is -0.125. The van der Waals surface area contributed by atoms with E-state index in [9.17, 15) is 22.8 Å². The van der Waals surface area contributed by atoms with E-state index >= 15 is 0 Å². The molecule has 3 rings (SSSR count). The van der Waals surface area contributed by atoms with Gasteiger partial charge in [0.15, 0.2) is 6.61 Å². The Bertz CT molecular complexity index is 1260. The zero-order chi connectivity index (χ0) is 23.8. The van der Waals surface area contributed by atoms with Gasteiger partial charge in [-0.3, -0.25) is 20.4 Å². The van der Waals surface area contributed by atoms with Crippen LogP contribution in [-0.4, -0.2) is 32.8 Å². The first-order chi connectivity index (χ1) is 15.8. The van der Waals surface area contributed by atoms with Gasteiger partial charge in [-0.05, 0) is 42.5 Å².